The van der Waals surface area contributed by atoms with Crippen LogP contribution in [0.5, 0.6) is 0 Å². The number of anilines is 1. The summed E-state index contributed by atoms with van der Waals surface area (Å²) in [5, 5.41) is 5.70. The molecule has 1 aliphatic heterocycles. The number of fused-ring (bicyclic) bond motifs is 1. The van der Waals surface area contributed by atoms with Crippen molar-refractivity contribution in [1.29, 1.82) is 0 Å². The van der Waals surface area contributed by atoms with E-state index in [2.05, 4.69) is 15.6 Å². The van der Waals surface area contributed by atoms with Crippen molar-refractivity contribution in [3.05, 3.63) is 23.5 Å². The van der Waals surface area contributed by atoms with E-state index in [0.29, 0.717) is 17.8 Å². The summed E-state index contributed by atoms with van der Waals surface area (Å²) >= 11 is 0. The second-order valence-electron chi connectivity index (χ2n) is 5.54. The van der Waals surface area contributed by atoms with Gasteiger partial charge in [0.2, 0.25) is 5.91 Å². The molecule has 3 rings (SSSR count). The highest BCUT2D eigenvalue weighted by Gasteiger charge is 2.23. The highest BCUT2D eigenvalue weighted by atomic mass is 16.2. The van der Waals surface area contributed by atoms with Crippen LogP contribution in [0.25, 0.3) is 0 Å². The molecule has 2 heterocycles. The molecule has 6 heteroatoms. The van der Waals surface area contributed by atoms with Gasteiger partial charge in [-0.05, 0) is 37.3 Å². The normalized spacial score (nSPS) is 24.9. The fourth-order valence-corrected chi connectivity index (χ4v) is 2.77. The summed E-state index contributed by atoms with van der Waals surface area (Å²) in [4.78, 5) is 27.6. The van der Waals surface area contributed by atoms with Crippen LogP contribution in [0, 0.1) is 0 Å². The molecule has 6 nitrogen and oxygen atoms in total. The summed E-state index contributed by atoms with van der Waals surface area (Å²) in [6.45, 7) is 0. The van der Waals surface area contributed by atoms with Crippen LogP contribution in [0.1, 0.15) is 41.7 Å². The monoisotopic (exact) mass is 274 g/mol. The quantitative estimate of drug-likeness (QED) is 0.734. The third-order valence-electron chi connectivity index (χ3n) is 3.95. The standard InChI is InChI=1S/C14H18N4O2/c15-9-1-3-10(4-2-9)17-14(20)11-5-8-6-13(19)18-12(8)7-16-11/h5,7,9-10H,1-4,6,15H2,(H,17,20)(H,18,19). The van der Waals surface area contributed by atoms with Crippen molar-refractivity contribution >= 4 is 17.5 Å². The first-order valence-corrected chi connectivity index (χ1v) is 6.97. The minimum atomic E-state index is -0.173. The lowest BCUT2D eigenvalue weighted by atomic mass is 9.92. The van der Waals surface area contributed by atoms with E-state index in [1.807, 2.05) is 0 Å². The summed E-state index contributed by atoms with van der Waals surface area (Å²) in [6, 6.07) is 2.13. The van der Waals surface area contributed by atoms with Gasteiger partial charge in [0, 0.05) is 12.1 Å². The highest BCUT2D eigenvalue weighted by Crippen LogP contribution is 2.22. The molecule has 0 bridgehead atoms. The van der Waals surface area contributed by atoms with Crippen molar-refractivity contribution in [2.75, 3.05) is 5.32 Å². The van der Waals surface area contributed by atoms with E-state index in [1.165, 1.54) is 0 Å². The first kappa shape index (κ1) is 13.1. The molecule has 1 fully saturated rings. The zero-order chi connectivity index (χ0) is 14.1. The number of nitrogens with two attached hydrogens (primary N) is 1. The van der Waals surface area contributed by atoms with E-state index in [9.17, 15) is 9.59 Å². The average Bonchev–Trinajstić information content (AvgIpc) is 2.80. The molecule has 20 heavy (non-hydrogen) atoms. The van der Waals surface area contributed by atoms with Gasteiger partial charge < -0.3 is 16.4 Å². The molecule has 0 spiro atoms. The van der Waals surface area contributed by atoms with Crippen molar-refractivity contribution < 1.29 is 9.59 Å². The number of nitrogens with one attached hydrogen (secondary N) is 2. The molecule has 4 N–H and O–H groups in total. The number of hydrogen-bond donors (Lipinski definition) is 3. The molecule has 0 aromatic carbocycles. The second-order valence-corrected chi connectivity index (χ2v) is 5.54. The zero-order valence-electron chi connectivity index (χ0n) is 11.2. The topological polar surface area (TPSA) is 97.1 Å². The Kier molecular flexibility index (Phi) is 3.40. The summed E-state index contributed by atoms with van der Waals surface area (Å²) < 4.78 is 0. The Balaban J connectivity index is 1.66. The minimum absolute atomic E-state index is 0.0550. The molecule has 1 aromatic heterocycles. The lowest BCUT2D eigenvalue weighted by molar-refractivity contribution is -0.115. The number of nitrogens with zero attached hydrogens (tertiary/aromatic N) is 1. The molecular weight excluding hydrogens is 256 g/mol. The number of carbonyl (C=O) groups excluding carboxylic acids is 2. The summed E-state index contributed by atoms with van der Waals surface area (Å²) in [7, 11) is 0. The zero-order valence-corrected chi connectivity index (χ0v) is 11.2. The van der Waals surface area contributed by atoms with Crippen LogP contribution >= 0.6 is 0 Å². The summed E-state index contributed by atoms with van der Waals surface area (Å²) in [5.41, 5.74) is 7.76. The molecule has 0 unspecified atom stereocenters. The van der Waals surface area contributed by atoms with Crippen molar-refractivity contribution in [2.45, 2.75) is 44.2 Å². The van der Waals surface area contributed by atoms with E-state index >= 15 is 0 Å². The Bertz CT molecular complexity index is 550. The number of carbonyl (C=O) groups is 2. The summed E-state index contributed by atoms with van der Waals surface area (Å²) in [6.07, 6.45) is 5.58. The van der Waals surface area contributed by atoms with Crippen LogP contribution in [-0.4, -0.2) is 28.9 Å². The number of amides is 2. The van der Waals surface area contributed by atoms with Crippen LogP contribution in [0.2, 0.25) is 0 Å². The van der Waals surface area contributed by atoms with Crippen LogP contribution < -0.4 is 16.4 Å². The lowest BCUT2D eigenvalue weighted by Gasteiger charge is -2.26. The van der Waals surface area contributed by atoms with Gasteiger partial charge in [-0.3, -0.25) is 9.59 Å². The van der Waals surface area contributed by atoms with Gasteiger partial charge in [0.25, 0.3) is 5.91 Å². The summed E-state index contributed by atoms with van der Waals surface area (Å²) in [5.74, 6) is -0.228. The van der Waals surface area contributed by atoms with Crippen LogP contribution in [0.15, 0.2) is 12.3 Å². The van der Waals surface area contributed by atoms with Crippen molar-refractivity contribution in [1.82, 2.24) is 10.3 Å². The molecule has 1 aliphatic carbocycles. The number of pyridine rings is 1. The van der Waals surface area contributed by atoms with Gasteiger partial charge >= 0.3 is 0 Å². The van der Waals surface area contributed by atoms with Crippen LogP contribution in [-0.2, 0) is 11.2 Å². The highest BCUT2D eigenvalue weighted by molar-refractivity contribution is 6.00. The Hall–Kier alpha value is -1.95. The number of rotatable bonds is 2. The average molecular weight is 274 g/mol. The van der Waals surface area contributed by atoms with E-state index in [4.69, 9.17) is 5.73 Å². The molecule has 0 saturated heterocycles. The molecule has 2 amide bonds. The van der Waals surface area contributed by atoms with Crippen LogP contribution in [0.3, 0.4) is 0 Å². The molecule has 106 valence electrons. The van der Waals surface area contributed by atoms with Crippen molar-refractivity contribution in [2.24, 2.45) is 5.73 Å². The van der Waals surface area contributed by atoms with Gasteiger partial charge in [0.05, 0.1) is 18.3 Å². The fourth-order valence-electron chi connectivity index (χ4n) is 2.77. The third-order valence-corrected chi connectivity index (χ3v) is 3.95. The maximum absolute atomic E-state index is 12.2. The van der Waals surface area contributed by atoms with Crippen LogP contribution in [0.4, 0.5) is 5.69 Å². The Morgan fingerprint density at radius 3 is 2.85 bits per heavy atom. The van der Waals surface area contributed by atoms with Gasteiger partial charge in [0.15, 0.2) is 0 Å². The Morgan fingerprint density at radius 1 is 1.35 bits per heavy atom. The maximum Gasteiger partial charge on any atom is 0.270 e. The Labute approximate surface area is 117 Å². The molecule has 2 aliphatic rings. The molecule has 1 saturated carbocycles. The van der Waals surface area contributed by atoms with Crippen molar-refractivity contribution in [3.63, 3.8) is 0 Å². The maximum atomic E-state index is 12.2. The van der Waals surface area contributed by atoms with E-state index in [0.717, 1.165) is 31.2 Å². The van der Waals surface area contributed by atoms with Gasteiger partial charge in [-0.2, -0.15) is 0 Å². The van der Waals surface area contributed by atoms with E-state index < -0.39 is 0 Å². The SMILES string of the molecule is NC1CCC(NC(=O)c2cc3c(cn2)NC(=O)C3)CC1. The number of aromatic nitrogens is 1. The van der Waals surface area contributed by atoms with Gasteiger partial charge in [-0.15, -0.1) is 0 Å². The molecule has 0 radical (unpaired) electrons. The predicted octanol–water partition coefficient (Wildman–Crippen LogP) is 0.576. The molecule has 0 atom stereocenters. The Morgan fingerprint density at radius 2 is 2.10 bits per heavy atom. The lowest BCUT2D eigenvalue weighted by Crippen LogP contribution is -2.40. The smallest absolute Gasteiger partial charge is 0.270 e. The van der Waals surface area contributed by atoms with Gasteiger partial charge in [-0.1, -0.05) is 0 Å². The first-order chi connectivity index (χ1) is 9.61. The third kappa shape index (κ3) is 2.65. The van der Waals surface area contributed by atoms with E-state index in [-0.39, 0.29) is 23.9 Å². The van der Waals surface area contributed by atoms with Gasteiger partial charge in [0.1, 0.15) is 5.69 Å². The molecule has 1 aromatic rings. The predicted molar refractivity (Wildman–Crippen MR) is 74.3 cm³/mol. The van der Waals surface area contributed by atoms with Gasteiger partial charge in [-0.25, -0.2) is 4.98 Å². The molecular formula is C14H18N4O2. The fraction of sp³-hybridized carbons (Fsp3) is 0.500. The second kappa shape index (κ2) is 5.20. The van der Waals surface area contributed by atoms with Crippen molar-refractivity contribution in [3.8, 4) is 0 Å². The first-order valence-electron chi connectivity index (χ1n) is 6.97. The van der Waals surface area contributed by atoms with E-state index in [1.54, 1.807) is 12.3 Å². The largest absolute Gasteiger partial charge is 0.348 e. The minimum Gasteiger partial charge on any atom is -0.348 e. The number of hydrogen-bond acceptors (Lipinski definition) is 4.